The Morgan fingerprint density at radius 2 is 1.40 bits per heavy atom. The average Bonchev–Trinajstić information content (AvgIpc) is 3.30. The van der Waals surface area contributed by atoms with Crippen molar-refractivity contribution >= 4 is 28.0 Å². The first kappa shape index (κ1) is 52.3. The third-order valence-electron chi connectivity index (χ3n) is 9.10. The lowest BCUT2D eigenvalue weighted by atomic mass is 9.87. The molecule has 5 aromatic rings. The summed E-state index contributed by atoms with van der Waals surface area (Å²) in [6, 6.07) is 20.6. The van der Waals surface area contributed by atoms with Crippen molar-refractivity contribution in [3.63, 3.8) is 0 Å². The van der Waals surface area contributed by atoms with Crippen molar-refractivity contribution < 1.29 is 81.7 Å². The minimum absolute atomic E-state index is 0.0501. The van der Waals surface area contributed by atoms with E-state index in [0.29, 0.717) is 15.4 Å². The molecular weight excluding hydrogens is 919 g/mol. The largest absolute Gasteiger partial charge is 0.510 e. The van der Waals surface area contributed by atoms with Gasteiger partial charge in [0.25, 0.3) is 15.9 Å². The SMILES string of the molecule is COc1ccccc1Oc1c(OCCOC(=O)Cc2cccc(CON(O)O)c2)nc(-c2ncccn2)nc1N(C(C)OC(=O)OCCOCCON(O)O)S(=O)(=O)c1ccc(C(C)(C)C)cc1. The molecule has 0 saturated heterocycles. The van der Waals surface area contributed by atoms with Crippen LogP contribution in [0.1, 0.15) is 44.4 Å². The third kappa shape index (κ3) is 15.5. The van der Waals surface area contributed by atoms with Gasteiger partial charge in [-0.1, -0.05) is 69.3 Å². The predicted molar refractivity (Wildman–Crippen MR) is 232 cm³/mol. The van der Waals surface area contributed by atoms with Crippen LogP contribution in [0, 0.1) is 0 Å². The summed E-state index contributed by atoms with van der Waals surface area (Å²) in [5, 5.41) is 34.2. The van der Waals surface area contributed by atoms with Crippen molar-refractivity contribution in [2.75, 3.05) is 51.1 Å². The van der Waals surface area contributed by atoms with Gasteiger partial charge >= 0.3 is 12.1 Å². The Morgan fingerprint density at radius 3 is 2.07 bits per heavy atom. The van der Waals surface area contributed by atoms with Gasteiger partial charge in [-0.25, -0.2) is 42.1 Å². The Balaban J connectivity index is 1.55. The van der Waals surface area contributed by atoms with E-state index >= 15 is 8.42 Å². The van der Waals surface area contributed by atoms with Gasteiger partial charge in [0.2, 0.25) is 11.6 Å². The molecular formula is C43H51N7O17S. The van der Waals surface area contributed by atoms with Crippen molar-refractivity contribution in [3.05, 3.63) is 108 Å². The fourth-order valence-electron chi connectivity index (χ4n) is 5.96. The zero-order valence-corrected chi connectivity index (χ0v) is 38.3. The molecule has 0 spiro atoms. The number of methoxy groups -OCH3 is 1. The van der Waals surface area contributed by atoms with Crippen molar-refractivity contribution in [2.24, 2.45) is 0 Å². The topological polar surface area (TPSA) is 294 Å². The molecule has 0 saturated carbocycles. The van der Waals surface area contributed by atoms with Gasteiger partial charge in [0.15, 0.2) is 29.4 Å². The predicted octanol–water partition coefficient (Wildman–Crippen LogP) is 5.43. The molecule has 1 unspecified atom stereocenters. The highest BCUT2D eigenvalue weighted by Crippen LogP contribution is 2.44. The highest BCUT2D eigenvalue weighted by atomic mass is 32.2. The molecule has 2 aromatic heterocycles. The van der Waals surface area contributed by atoms with Crippen LogP contribution in [0.25, 0.3) is 11.6 Å². The van der Waals surface area contributed by atoms with Crippen molar-refractivity contribution in [1.82, 2.24) is 30.7 Å². The van der Waals surface area contributed by atoms with Crippen molar-refractivity contribution in [3.8, 4) is 34.8 Å². The number of carbonyl (C=O) groups excluding carboxylic acids is 2. The smallest absolute Gasteiger partial charge is 0.493 e. The summed E-state index contributed by atoms with van der Waals surface area (Å²) in [4.78, 5) is 52.6. The molecule has 0 fully saturated rings. The van der Waals surface area contributed by atoms with Crippen LogP contribution in [-0.4, -0.2) is 125 Å². The van der Waals surface area contributed by atoms with Crippen LogP contribution >= 0.6 is 0 Å². The Kier molecular flexibility index (Phi) is 19.2. The quantitative estimate of drug-likeness (QED) is 0.0245. The second-order valence-electron chi connectivity index (χ2n) is 15.0. The van der Waals surface area contributed by atoms with E-state index in [-0.39, 0.29) is 86.1 Å². The number of aromatic nitrogens is 4. The van der Waals surface area contributed by atoms with Gasteiger partial charge in [0.1, 0.15) is 19.8 Å². The number of hydrogen-bond acceptors (Lipinski definition) is 23. The van der Waals surface area contributed by atoms with Crippen LogP contribution in [0.2, 0.25) is 0 Å². The number of ether oxygens (including phenoxy) is 7. The summed E-state index contributed by atoms with van der Waals surface area (Å²) in [5.74, 6) is -2.09. The molecule has 0 aliphatic carbocycles. The molecule has 0 radical (unpaired) electrons. The van der Waals surface area contributed by atoms with Gasteiger partial charge in [-0.2, -0.15) is 4.98 Å². The molecule has 5 rings (SSSR count). The first-order valence-electron chi connectivity index (χ1n) is 20.5. The Hall–Kier alpha value is -6.65. The lowest BCUT2D eigenvalue weighted by molar-refractivity contribution is -0.497. The van der Waals surface area contributed by atoms with E-state index in [0.717, 1.165) is 5.56 Å². The van der Waals surface area contributed by atoms with E-state index in [1.54, 1.807) is 54.6 Å². The molecule has 366 valence electrons. The number of nitrogens with zero attached hydrogens (tertiary/aromatic N) is 7. The number of esters is 1. The molecule has 3 aromatic carbocycles. The maximum Gasteiger partial charge on any atom is 0.510 e. The number of carbonyl (C=O) groups is 2. The molecule has 1 atom stereocenters. The van der Waals surface area contributed by atoms with Gasteiger partial charge in [-0.3, -0.25) is 25.6 Å². The normalized spacial score (nSPS) is 12.1. The maximum atomic E-state index is 15.1. The zero-order valence-electron chi connectivity index (χ0n) is 37.5. The van der Waals surface area contributed by atoms with Crippen LogP contribution in [0.4, 0.5) is 10.6 Å². The van der Waals surface area contributed by atoms with Crippen LogP contribution in [0.3, 0.4) is 0 Å². The van der Waals surface area contributed by atoms with Crippen LogP contribution in [0.15, 0.2) is 96.2 Å². The van der Waals surface area contributed by atoms with E-state index in [4.69, 9.17) is 54.0 Å². The number of anilines is 1. The minimum atomic E-state index is -4.81. The Labute approximate surface area is 390 Å². The molecule has 68 heavy (non-hydrogen) atoms. The second kappa shape index (κ2) is 24.9. The summed E-state index contributed by atoms with van der Waals surface area (Å²) in [6.07, 6.45) is -0.442. The fourth-order valence-corrected chi connectivity index (χ4v) is 7.46. The molecule has 24 nitrogen and oxygen atoms in total. The number of hydrogen-bond donors (Lipinski definition) is 4. The van der Waals surface area contributed by atoms with Crippen LogP contribution in [-0.2, 0) is 61.9 Å². The number of benzene rings is 3. The summed E-state index contributed by atoms with van der Waals surface area (Å²) in [5.41, 5.74) is 1.54. The molecule has 2 heterocycles. The van der Waals surface area contributed by atoms with Crippen LogP contribution < -0.4 is 18.5 Å². The molecule has 0 aliphatic heterocycles. The first-order chi connectivity index (χ1) is 32.5. The van der Waals surface area contributed by atoms with Crippen LogP contribution in [0.5, 0.6) is 23.1 Å². The summed E-state index contributed by atoms with van der Waals surface area (Å²) in [7, 11) is -3.42. The van der Waals surface area contributed by atoms with Gasteiger partial charge in [0, 0.05) is 12.4 Å². The summed E-state index contributed by atoms with van der Waals surface area (Å²) < 4.78 is 70.4. The number of rotatable bonds is 25. The molecule has 0 aliphatic rings. The number of sulfonamides is 1. The van der Waals surface area contributed by atoms with Crippen molar-refractivity contribution in [2.45, 2.75) is 57.3 Å². The van der Waals surface area contributed by atoms with Gasteiger partial charge in [0.05, 0.1) is 55.6 Å². The average molecular weight is 970 g/mol. The summed E-state index contributed by atoms with van der Waals surface area (Å²) in [6.45, 7) is 5.32. The standard InChI is InChI=1S/C43H51N7O17S/c1-29(66-42(52)63-22-20-60-21-25-64-49(53)54)48(68(57,58)33-16-14-32(15-17-33)43(2,3)4)40-37(67-35-13-7-6-12-34(35)59-5)41(47-39(46-40)38-44-18-9-19-45-38)62-24-23-61-36(51)27-30-10-8-11-31(26-30)28-65-50(55)56/h6-19,26,29,53-56H,20-25,27-28H2,1-5H3. The van der Waals surface area contributed by atoms with E-state index in [9.17, 15) is 9.59 Å². The zero-order chi connectivity index (χ0) is 49.3. The third-order valence-corrected chi connectivity index (χ3v) is 11.0. The lowest BCUT2D eigenvalue weighted by Crippen LogP contribution is -2.42. The summed E-state index contributed by atoms with van der Waals surface area (Å²) >= 11 is 0. The fraction of sp³-hybridized carbons (Fsp3) is 0.349. The van der Waals surface area contributed by atoms with E-state index in [1.807, 2.05) is 20.8 Å². The number of para-hydroxylation sites is 2. The highest BCUT2D eigenvalue weighted by Gasteiger charge is 2.39. The maximum absolute atomic E-state index is 15.1. The van der Waals surface area contributed by atoms with E-state index in [1.165, 1.54) is 50.7 Å². The van der Waals surface area contributed by atoms with E-state index in [2.05, 4.69) is 29.6 Å². The van der Waals surface area contributed by atoms with Gasteiger partial charge < -0.3 is 33.2 Å². The monoisotopic (exact) mass is 969 g/mol. The minimum Gasteiger partial charge on any atom is -0.493 e. The van der Waals surface area contributed by atoms with Gasteiger partial charge in [-0.15, -0.1) is 0 Å². The Bertz CT molecular complexity index is 2520. The Morgan fingerprint density at radius 1 is 0.735 bits per heavy atom. The molecule has 0 bridgehead atoms. The molecule has 4 N–H and O–H groups in total. The second-order valence-corrected chi connectivity index (χ2v) is 16.8. The first-order valence-corrected chi connectivity index (χ1v) is 21.9. The van der Waals surface area contributed by atoms with E-state index < -0.39 is 56.6 Å². The van der Waals surface area contributed by atoms with Crippen molar-refractivity contribution in [1.29, 1.82) is 0 Å². The molecule has 0 amide bonds. The van der Waals surface area contributed by atoms with Gasteiger partial charge in [-0.05, 0) is 59.4 Å². The lowest BCUT2D eigenvalue weighted by Gasteiger charge is -2.30. The highest BCUT2D eigenvalue weighted by molar-refractivity contribution is 7.92. The molecule has 25 heteroatoms.